The number of carbonyl (C=O) groups excluding carboxylic acids is 1. The SMILES string of the molecule is CC(C)n1c(N2CC3CC2CN3C)nc2c(F)cc(-c3nc(N)ncc3Cl)cc21.CNC(=O)OC1CCCCC1O. The van der Waals surface area contributed by atoms with E-state index in [-0.39, 0.29) is 18.1 Å². The molecule has 4 unspecified atom stereocenters. The minimum atomic E-state index is -0.476. The van der Waals surface area contributed by atoms with Crippen LogP contribution in [0.4, 0.5) is 21.1 Å². The summed E-state index contributed by atoms with van der Waals surface area (Å²) in [6.45, 7) is 6.10. The fourth-order valence-electron chi connectivity index (χ4n) is 6.09. The first-order valence-electron chi connectivity index (χ1n) is 14.1. The average molecular weight is 589 g/mol. The third-order valence-corrected chi connectivity index (χ3v) is 8.46. The van der Waals surface area contributed by atoms with E-state index in [1.807, 2.05) is 6.07 Å². The van der Waals surface area contributed by atoms with E-state index < -0.39 is 18.0 Å². The highest BCUT2D eigenvalue weighted by atomic mass is 35.5. The van der Waals surface area contributed by atoms with E-state index in [0.29, 0.717) is 33.9 Å². The number of likely N-dealkylation sites (N-methyl/N-ethyl adjacent to an activating group) is 1. The van der Waals surface area contributed by atoms with Gasteiger partial charge in [-0.05, 0) is 58.7 Å². The monoisotopic (exact) mass is 588 g/mol. The standard InChI is InChI=1S/C20H23ClFN7.C8H15NO3/c1-10(2)29-16-5-11(17-14(21)7-24-19(23)25-17)4-15(22)18(16)26-20(29)28-9-12-6-13(28)8-27(12)3;1-9-8(11)12-7-5-3-2-4-6(7)10/h4-5,7,10,12-13H,6,8-9H2,1-3H3,(H2,23,24,25);6-7,10H,2-5H2,1H3,(H,9,11). The van der Waals surface area contributed by atoms with Crippen molar-refractivity contribution < 1.29 is 19.0 Å². The highest BCUT2D eigenvalue weighted by Crippen LogP contribution is 2.38. The first kappa shape index (κ1) is 29.3. The van der Waals surface area contributed by atoms with Crippen LogP contribution >= 0.6 is 11.6 Å². The Balaban J connectivity index is 0.000000237. The summed E-state index contributed by atoms with van der Waals surface area (Å²) in [5.74, 6) is 0.535. The molecule has 3 aromatic rings. The van der Waals surface area contributed by atoms with E-state index in [4.69, 9.17) is 27.1 Å². The van der Waals surface area contributed by atoms with Crippen molar-refractivity contribution in [2.45, 2.75) is 76.3 Å². The lowest BCUT2D eigenvalue weighted by atomic mass is 9.95. The van der Waals surface area contributed by atoms with Crippen molar-refractivity contribution >= 4 is 40.6 Å². The average Bonchev–Trinajstić information content (AvgIpc) is 3.63. The van der Waals surface area contributed by atoms with Crippen LogP contribution < -0.4 is 16.0 Å². The Morgan fingerprint density at radius 2 is 1.98 bits per heavy atom. The number of nitrogens with two attached hydrogens (primary N) is 1. The zero-order chi connectivity index (χ0) is 29.4. The molecule has 1 aliphatic carbocycles. The molecule has 2 bridgehead atoms. The molecule has 3 aliphatic rings. The summed E-state index contributed by atoms with van der Waals surface area (Å²) >= 11 is 6.26. The molecule has 41 heavy (non-hydrogen) atoms. The Kier molecular flexibility index (Phi) is 8.53. The van der Waals surface area contributed by atoms with Crippen molar-refractivity contribution in [1.29, 1.82) is 0 Å². The number of piperazine rings is 1. The lowest BCUT2D eigenvalue weighted by Crippen LogP contribution is -2.45. The first-order chi connectivity index (χ1) is 19.6. The third-order valence-electron chi connectivity index (χ3n) is 8.18. The maximum atomic E-state index is 15.1. The summed E-state index contributed by atoms with van der Waals surface area (Å²) in [6, 6.07) is 4.37. The van der Waals surface area contributed by atoms with Crippen molar-refractivity contribution in [3.8, 4) is 11.3 Å². The number of aromatic nitrogens is 4. The van der Waals surface area contributed by atoms with E-state index >= 15 is 4.39 Å². The number of carbonyl (C=O) groups is 1. The fraction of sp³-hybridized carbons (Fsp3) is 0.571. The number of fused-ring (bicyclic) bond motifs is 3. The number of likely N-dealkylation sites (tertiary alicyclic amines) is 1. The maximum absolute atomic E-state index is 15.1. The van der Waals surface area contributed by atoms with Gasteiger partial charge in [0.2, 0.25) is 11.9 Å². The van der Waals surface area contributed by atoms with Gasteiger partial charge in [0.1, 0.15) is 11.6 Å². The van der Waals surface area contributed by atoms with Gasteiger partial charge >= 0.3 is 6.09 Å². The highest BCUT2D eigenvalue weighted by molar-refractivity contribution is 6.33. The maximum Gasteiger partial charge on any atom is 0.407 e. The molecule has 3 fully saturated rings. The second-order valence-electron chi connectivity index (χ2n) is 11.3. The van der Waals surface area contributed by atoms with Crippen molar-refractivity contribution in [2.24, 2.45) is 0 Å². The predicted octanol–water partition coefficient (Wildman–Crippen LogP) is 3.99. The van der Waals surface area contributed by atoms with Gasteiger partial charge < -0.3 is 30.4 Å². The van der Waals surface area contributed by atoms with E-state index in [1.165, 1.54) is 19.3 Å². The highest BCUT2D eigenvalue weighted by Gasteiger charge is 2.43. The third kappa shape index (κ3) is 5.91. The molecule has 1 amide bonds. The molecule has 11 nitrogen and oxygen atoms in total. The number of amides is 1. The summed E-state index contributed by atoms with van der Waals surface area (Å²) in [6.07, 6.45) is 4.88. The molecule has 2 aromatic heterocycles. The van der Waals surface area contributed by atoms with E-state index in [0.717, 1.165) is 56.7 Å². The Morgan fingerprint density at radius 1 is 1.22 bits per heavy atom. The van der Waals surface area contributed by atoms with Crippen LogP contribution in [0.1, 0.15) is 52.0 Å². The lowest BCUT2D eigenvalue weighted by molar-refractivity contribution is -0.0205. The van der Waals surface area contributed by atoms with Crippen LogP contribution in [0.25, 0.3) is 22.3 Å². The Hall–Kier alpha value is -3.22. The number of hydrogen-bond acceptors (Lipinski definition) is 9. The molecule has 1 aromatic carbocycles. The van der Waals surface area contributed by atoms with Gasteiger partial charge in [-0.1, -0.05) is 18.0 Å². The number of alkyl carbamates (subject to hydrolysis) is 1. The number of nitrogens with one attached hydrogen (secondary N) is 1. The molecule has 2 saturated heterocycles. The molecule has 4 atom stereocenters. The van der Waals surface area contributed by atoms with Crippen LogP contribution in [-0.2, 0) is 4.74 Å². The first-order valence-corrected chi connectivity index (χ1v) is 14.5. The molecule has 0 radical (unpaired) electrons. The molecule has 0 spiro atoms. The molecule has 2 aliphatic heterocycles. The van der Waals surface area contributed by atoms with Gasteiger partial charge in [-0.2, -0.15) is 0 Å². The van der Waals surface area contributed by atoms with Crippen molar-refractivity contribution in [3.05, 3.63) is 29.2 Å². The number of anilines is 2. The number of halogens is 2. The van der Waals surface area contributed by atoms with Gasteiger partial charge in [-0.15, -0.1) is 0 Å². The Bertz CT molecular complexity index is 1420. The lowest BCUT2D eigenvalue weighted by Gasteiger charge is -2.33. The summed E-state index contributed by atoms with van der Waals surface area (Å²) in [7, 11) is 3.67. The Labute approximate surface area is 243 Å². The van der Waals surface area contributed by atoms with Crippen molar-refractivity contribution in [2.75, 3.05) is 37.8 Å². The van der Waals surface area contributed by atoms with Crippen LogP contribution in [0.2, 0.25) is 5.02 Å². The fourth-order valence-corrected chi connectivity index (χ4v) is 6.29. The number of benzene rings is 1. The minimum absolute atomic E-state index is 0.0974. The van der Waals surface area contributed by atoms with E-state index in [9.17, 15) is 9.90 Å². The van der Waals surface area contributed by atoms with Gasteiger partial charge in [0, 0.05) is 43.8 Å². The number of rotatable bonds is 4. The molecule has 222 valence electrons. The van der Waals surface area contributed by atoms with E-state index in [2.05, 4.69) is 50.5 Å². The van der Waals surface area contributed by atoms with Gasteiger partial charge in [0.05, 0.1) is 28.5 Å². The zero-order valence-corrected chi connectivity index (χ0v) is 24.6. The van der Waals surface area contributed by atoms with Gasteiger partial charge in [0.25, 0.3) is 0 Å². The molecule has 1 saturated carbocycles. The number of ether oxygens (including phenoxy) is 1. The van der Waals surface area contributed by atoms with Gasteiger partial charge in [0.15, 0.2) is 5.82 Å². The van der Waals surface area contributed by atoms with Crippen LogP contribution in [0.5, 0.6) is 0 Å². The number of hydrogen-bond donors (Lipinski definition) is 3. The molecule has 4 heterocycles. The number of aliphatic hydroxyl groups is 1. The molecule has 6 rings (SSSR count). The van der Waals surface area contributed by atoms with Crippen molar-refractivity contribution in [1.82, 2.24) is 29.7 Å². The largest absolute Gasteiger partial charge is 0.443 e. The van der Waals surface area contributed by atoms with Crippen LogP contribution in [0.3, 0.4) is 0 Å². The minimum Gasteiger partial charge on any atom is -0.443 e. The van der Waals surface area contributed by atoms with Crippen LogP contribution in [-0.4, -0.2) is 87.1 Å². The van der Waals surface area contributed by atoms with Crippen LogP contribution in [0, 0.1) is 5.82 Å². The molecular weight excluding hydrogens is 551 g/mol. The summed E-state index contributed by atoms with van der Waals surface area (Å²) in [5.41, 5.74) is 7.80. The predicted molar refractivity (Wildman–Crippen MR) is 156 cm³/mol. The normalized spacial score (nSPS) is 24.0. The topological polar surface area (TPSA) is 135 Å². The number of nitrogens with zero attached hydrogens (tertiary/aromatic N) is 6. The molecular formula is C28H38ClFN8O3. The number of aliphatic hydroxyl groups excluding tert-OH is 1. The number of nitrogen functional groups attached to an aromatic ring is 1. The van der Waals surface area contributed by atoms with E-state index in [1.54, 1.807) is 0 Å². The molecule has 13 heteroatoms. The summed E-state index contributed by atoms with van der Waals surface area (Å²) in [5, 5.41) is 12.1. The van der Waals surface area contributed by atoms with Gasteiger partial charge in [-0.25, -0.2) is 24.1 Å². The van der Waals surface area contributed by atoms with Crippen molar-refractivity contribution in [3.63, 3.8) is 0 Å². The second kappa shape index (κ2) is 11.9. The molecule has 4 N–H and O–H groups in total. The van der Waals surface area contributed by atoms with Gasteiger partial charge in [-0.3, -0.25) is 4.90 Å². The summed E-state index contributed by atoms with van der Waals surface area (Å²) in [4.78, 5) is 28.3. The quantitative estimate of drug-likeness (QED) is 0.413. The van der Waals surface area contributed by atoms with Crippen LogP contribution in [0.15, 0.2) is 18.3 Å². The number of imidazole rings is 1. The second-order valence-corrected chi connectivity index (χ2v) is 11.7. The zero-order valence-electron chi connectivity index (χ0n) is 23.8. The summed E-state index contributed by atoms with van der Waals surface area (Å²) < 4.78 is 22.2. The Morgan fingerprint density at radius 3 is 2.61 bits per heavy atom. The smallest absolute Gasteiger partial charge is 0.407 e.